The molecule has 0 radical (unpaired) electrons. The Hall–Kier alpha value is -2.44. The molecular formula is C17H23NO6. The normalized spacial score (nSPS) is 14.5. The standard InChI is InChI=1S/C17H23NO6/c1-10(11-5-6-11)18-15(19)9-24-17(20)12-7-13(21-2)16(23-4)14(8-12)22-3/h7-8,10-11H,5-6,9H2,1-4H3,(H,18,19)/t10-/m0/s1. The fraction of sp³-hybridized carbons (Fsp3) is 0.529. The first kappa shape index (κ1) is 17.9. The van der Waals surface area contributed by atoms with Crippen molar-refractivity contribution in [1.82, 2.24) is 5.32 Å². The molecule has 0 aliphatic heterocycles. The zero-order valence-electron chi connectivity index (χ0n) is 14.4. The topological polar surface area (TPSA) is 83.1 Å². The highest BCUT2D eigenvalue weighted by molar-refractivity contribution is 5.92. The van der Waals surface area contributed by atoms with Crippen LogP contribution in [-0.4, -0.2) is 45.9 Å². The molecule has 0 saturated heterocycles. The van der Waals surface area contributed by atoms with Crippen LogP contribution < -0.4 is 19.5 Å². The fourth-order valence-corrected chi connectivity index (χ4v) is 2.42. The van der Waals surface area contributed by atoms with Crippen LogP contribution in [0.15, 0.2) is 12.1 Å². The Morgan fingerprint density at radius 3 is 2.17 bits per heavy atom. The number of rotatable bonds is 8. The van der Waals surface area contributed by atoms with Crippen molar-refractivity contribution in [2.24, 2.45) is 5.92 Å². The lowest BCUT2D eigenvalue weighted by Crippen LogP contribution is -2.37. The van der Waals surface area contributed by atoms with Crippen LogP contribution in [0.1, 0.15) is 30.1 Å². The number of carbonyl (C=O) groups is 2. The van der Waals surface area contributed by atoms with Gasteiger partial charge in [0.15, 0.2) is 18.1 Å². The maximum atomic E-state index is 12.2. The number of hydrogen-bond acceptors (Lipinski definition) is 6. The molecule has 0 unspecified atom stereocenters. The third kappa shape index (κ3) is 4.31. The molecule has 24 heavy (non-hydrogen) atoms. The van der Waals surface area contributed by atoms with E-state index in [9.17, 15) is 9.59 Å². The molecule has 1 aliphatic rings. The van der Waals surface area contributed by atoms with Gasteiger partial charge in [-0.05, 0) is 37.8 Å². The summed E-state index contributed by atoms with van der Waals surface area (Å²) in [5.41, 5.74) is 0.215. The van der Waals surface area contributed by atoms with E-state index in [0.29, 0.717) is 23.2 Å². The van der Waals surface area contributed by atoms with Gasteiger partial charge in [-0.1, -0.05) is 0 Å². The van der Waals surface area contributed by atoms with Crippen molar-refractivity contribution in [3.63, 3.8) is 0 Å². The number of nitrogens with one attached hydrogen (secondary N) is 1. The second-order valence-electron chi connectivity index (χ2n) is 5.68. The molecular weight excluding hydrogens is 314 g/mol. The van der Waals surface area contributed by atoms with Crippen LogP contribution in [0.5, 0.6) is 17.2 Å². The van der Waals surface area contributed by atoms with E-state index in [4.69, 9.17) is 18.9 Å². The average molecular weight is 337 g/mol. The fourth-order valence-electron chi connectivity index (χ4n) is 2.42. The van der Waals surface area contributed by atoms with Crippen LogP contribution >= 0.6 is 0 Å². The quantitative estimate of drug-likeness (QED) is 0.728. The predicted octanol–water partition coefficient (Wildman–Crippen LogP) is 1.78. The summed E-state index contributed by atoms with van der Waals surface area (Å²) in [6, 6.07) is 3.07. The van der Waals surface area contributed by atoms with Crippen LogP contribution in [0.2, 0.25) is 0 Å². The van der Waals surface area contributed by atoms with Gasteiger partial charge in [0.05, 0.1) is 26.9 Å². The first-order valence-corrected chi connectivity index (χ1v) is 7.76. The summed E-state index contributed by atoms with van der Waals surface area (Å²) in [5, 5.41) is 2.83. The third-order valence-electron chi connectivity index (χ3n) is 3.95. The van der Waals surface area contributed by atoms with Crippen LogP contribution in [0.25, 0.3) is 0 Å². The predicted molar refractivity (Wildman–Crippen MR) is 86.7 cm³/mol. The highest BCUT2D eigenvalue weighted by Gasteiger charge is 2.29. The van der Waals surface area contributed by atoms with E-state index in [1.165, 1.54) is 33.5 Å². The molecule has 1 aromatic carbocycles. The Balaban J connectivity index is 1.99. The van der Waals surface area contributed by atoms with E-state index in [0.717, 1.165) is 12.8 Å². The van der Waals surface area contributed by atoms with Gasteiger partial charge in [0.25, 0.3) is 5.91 Å². The second-order valence-corrected chi connectivity index (χ2v) is 5.68. The minimum Gasteiger partial charge on any atom is -0.493 e. The smallest absolute Gasteiger partial charge is 0.338 e. The molecule has 7 nitrogen and oxygen atoms in total. The molecule has 7 heteroatoms. The van der Waals surface area contributed by atoms with Crippen LogP contribution in [-0.2, 0) is 9.53 Å². The number of carbonyl (C=O) groups excluding carboxylic acids is 2. The Kier molecular flexibility index (Phi) is 5.89. The van der Waals surface area contributed by atoms with Crippen LogP contribution in [0.4, 0.5) is 0 Å². The van der Waals surface area contributed by atoms with E-state index in [-0.39, 0.29) is 24.1 Å². The van der Waals surface area contributed by atoms with E-state index in [1.54, 1.807) is 0 Å². The molecule has 0 aromatic heterocycles. The summed E-state index contributed by atoms with van der Waals surface area (Å²) >= 11 is 0. The summed E-state index contributed by atoms with van der Waals surface area (Å²) in [6.45, 7) is 1.63. The van der Waals surface area contributed by atoms with Crippen molar-refractivity contribution >= 4 is 11.9 Å². The van der Waals surface area contributed by atoms with E-state index >= 15 is 0 Å². The van der Waals surface area contributed by atoms with E-state index < -0.39 is 5.97 Å². The second kappa shape index (κ2) is 7.90. The summed E-state index contributed by atoms with van der Waals surface area (Å²) in [6.07, 6.45) is 2.26. The van der Waals surface area contributed by atoms with Crippen molar-refractivity contribution in [2.75, 3.05) is 27.9 Å². The SMILES string of the molecule is COc1cc(C(=O)OCC(=O)N[C@@H](C)C2CC2)cc(OC)c1OC. The van der Waals surface area contributed by atoms with Gasteiger partial charge in [-0.25, -0.2) is 4.79 Å². The summed E-state index contributed by atoms with van der Waals surface area (Å²) < 4.78 is 20.6. The van der Waals surface area contributed by atoms with Gasteiger partial charge in [0.1, 0.15) is 0 Å². The van der Waals surface area contributed by atoms with Gasteiger partial charge in [-0.15, -0.1) is 0 Å². The lowest BCUT2D eigenvalue weighted by atomic mass is 10.2. The van der Waals surface area contributed by atoms with E-state index in [2.05, 4.69) is 5.32 Å². The number of methoxy groups -OCH3 is 3. The average Bonchev–Trinajstić information content (AvgIpc) is 3.43. The molecule has 2 rings (SSSR count). The molecule has 1 aliphatic carbocycles. The maximum absolute atomic E-state index is 12.2. The summed E-state index contributed by atoms with van der Waals surface area (Å²) in [5.74, 6) is 0.664. The molecule has 1 fully saturated rings. The molecule has 1 saturated carbocycles. The third-order valence-corrected chi connectivity index (χ3v) is 3.95. The minimum atomic E-state index is -0.636. The summed E-state index contributed by atoms with van der Waals surface area (Å²) in [7, 11) is 4.39. The van der Waals surface area contributed by atoms with Crippen molar-refractivity contribution in [3.05, 3.63) is 17.7 Å². The Morgan fingerprint density at radius 1 is 1.12 bits per heavy atom. The minimum absolute atomic E-state index is 0.109. The molecule has 0 bridgehead atoms. The molecule has 1 atom stereocenters. The highest BCUT2D eigenvalue weighted by Crippen LogP contribution is 2.38. The van der Waals surface area contributed by atoms with Crippen molar-refractivity contribution in [1.29, 1.82) is 0 Å². The van der Waals surface area contributed by atoms with Gasteiger partial charge in [-0.2, -0.15) is 0 Å². The van der Waals surface area contributed by atoms with Gasteiger partial charge >= 0.3 is 5.97 Å². The first-order chi connectivity index (χ1) is 11.5. The van der Waals surface area contributed by atoms with Crippen LogP contribution in [0, 0.1) is 5.92 Å². The molecule has 1 amide bonds. The Labute approximate surface area is 141 Å². The largest absolute Gasteiger partial charge is 0.493 e. The Morgan fingerprint density at radius 2 is 1.71 bits per heavy atom. The van der Waals surface area contributed by atoms with Gasteiger partial charge in [-0.3, -0.25) is 4.79 Å². The number of esters is 1. The number of hydrogen-bond donors (Lipinski definition) is 1. The molecule has 0 heterocycles. The zero-order valence-corrected chi connectivity index (χ0v) is 14.4. The van der Waals surface area contributed by atoms with Crippen molar-refractivity contribution < 1.29 is 28.5 Å². The lowest BCUT2D eigenvalue weighted by molar-refractivity contribution is -0.124. The number of amides is 1. The van der Waals surface area contributed by atoms with Gasteiger partial charge < -0.3 is 24.3 Å². The molecule has 0 spiro atoms. The van der Waals surface area contributed by atoms with Gasteiger partial charge in [0, 0.05) is 6.04 Å². The number of ether oxygens (including phenoxy) is 4. The maximum Gasteiger partial charge on any atom is 0.338 e. The molecule has 132 valence electrons. The lowest BCUT2D eigenvalue weighted by Gasteiger charge is -2.14. The van der Waals surface area contributed by atoms with Crippen LogP contribution in [0.3, 0.4) is 0 Å². The molecule has 1 N–H and O–H groups in total. The monoisotopic (exact) mass is 337 g/mol. The van der Waals surface area contributed by atoms with E-state index in [1.807, 2.05) is 6.92 Å². The number of benzene rings is 1. The van der Waals surface area contributed by atoms with Crippen molar-refractivity contribution in [3.8, 4) is 17.2 Å². The Bertz CT molecular complexity index is 586. The van der Waals surface area contributed by atoms with Gasteiger partial charge in [0.2, 0.25) is 5.75 Å². The molecule has 1 aromatic rings. The summed E-state index contributed by atoms with van der Waals surface area (Å²) in [4.78, 5) is 24.0. The zero-order chi connectivity index (χ0) is 17.7. The van der Waals surface area contributed by atoms with Crippen molar-refractivity contribution in [2.45, 2.75) is 25.8 Å². The highest BCUT2D eigenvalue weighted by atomic mass is 16.5. The first-order valence-electron chi connectivity index (χ1n) is 7.76.